The number of rotatable bonds is 5. The normalized spacial score (nSPS) is 51.9. The molecule has 174 valence electrons. The second-order valence-electron chi connectivity index (χ2n) is 12.8. The van der Waals surface area contributed by atoms with E-state index in [9.17, 15) is 15.3 Å². The maximum absolute atomic E-state index is 11.6. The van der Waals surface area contributed by atoms with E-state index in [0.29, 0.717) is 35.5 Å². The Morgan fingerprint density at radius 1 is 0.867 bits per heavy atom. The molecule has 4 saturated carbocycles. The fourth-order valence-electron chi connectivity index (χ4n) is 9.18. The van der Waals surface area contributed by atoms with E-state index in [0.717, 1.165) is 38.0 Å². The molecule has 0 aromatic carbocycles. The van der Waals surface area contributed by atoms with Gasteiger partial charge in [0.25, 0.3) is 0 Å². The van der Waals surface area contributed by atoms with Crippen molar-refractivity contribution in [1.29, 1.82) is 0 Å². The lowest BCUT2D eigenvalue weighted by atomic mass is 9.43. The summed E-state index contributed by atoms with van der Waals surface area (Å²) in [6.45, 7) is 11.8. The first kappa shape index (κ1) is 23.1. The Kier molecular flexibility index (Phi) is 6.41. The maximum atomic E-state index is 11.6. The number of hydrogen-bond donors (Lipinski definition) is 3. The third-order valence-electron chi connectivity index (χ3n) is 11.0. The van der Waals surface area contributed by atoms with Gasteiger partial charge < -0.3 is 15.3 Å². The van der Waals surface area contributed by atoms with Crippen molar-refractivity contribution >= 4 is 0 Å². The summed E-state index contributed by atoms with van der Waals surface area (Å²) in [7, 11) is 0. The molecule has 4 rings (SSSR count). The molecule has 11 atom stereocenters. The van der Waals surface area contributed by atoms with E-state index in [4.69, 9.17) is 0 Å². The predicted octanol–water partition coefficient (Wildman–Crippen LogP) is 5.41. The van der Waals surface area contributed by atoms with Crippen LogP contribution in [0.5, 0.6) is 0 Å². The van der Waals surface area contributed by atoms with Gasteiger partial charge in [-0.05, 0) is 97.2 Å². The van der Waals surface area contributed by atoms with Crippen molar-refractivity contribution < 1.29 is 15.3 Å². The molecule has 0 bridgehead atoms. The van der Waals surface area contributed by atoms with Crippen molar-refractivity contribution in [2.75, 3.05) is 0 Å². The van der Waals surface area contributed by atoms with Gasteiger partial charge in [0.05, 0.1) is 18.3 Å². The zero-order chi connectivity index (χ0) is 21.8. The Bertz CT molecular complexity index is 605. The van der Waals surface area contributed by atoms with E-state index in [-0.39, 0.29) is 29.1 Å². The van der Waals surface area contributed by atoms with Gasteiger partial charge in [-0.15, -0.1) is 0 Å². The average molecular weight is 421 g/mol. The minimum Gasteiger partial charge on any atom is -0.393 e. The van der Waals surface area contributed by atoms with Crippen LogP contribution in [0.2, 0.25) is 0 Å². The molecule has 4 aliphatic rings. The van der Waals surface area contributed by atoms with Crippen LogP contribution in [0, 0.1) is 52.3 Å². The van der Waals surface area contributed by atoms with Crippen LogP contribution in [0.25, 0.3) is 0 Å². The topological polar surface area (TPSA) is 60.7 Å². The molecule has 0 saturated heterocycles. The van der Waals surface area contributed by atoms with E-state index in [2.05, 4.69) is 34.6 Å². The van der Waals surface area contributed by atoms with Crippen molar-refractivity contribution in [2.45, 2.75) is 117 Å². The van der Waals surface area contributed by atoms with Crippen molar-refractivity contribution in [2.24, 2.45) is 52.3 Å². The lowest BCUT2D eigenvalue weighted by molar-refractivity contribution is -0.207. The van der Waals surface area contributed by atoms with Crippen LogP contribution >= 0.6 is 0 Å². The third kappa shape index (κ3) is 3.59. The minimum atomic E-state index is -0.259. The monoisotopic (exact) mass is 420 g/mol. The molecule has 0 aromatic rings. The van der Waals surface area contributed by atoms with Gasteiger partial charge in [-0.25, -0.2) is 0 Å². The molecular weight excluding hydrogens is 372 g/mol. The van der Waals surface area contributed by atoms with E-state index in [1.165, 1.54) is 32.1 Å². The first-order chi connectivity index (χ1) is 14.1. The first-order valence-corrected chi connectivity index (χ1v) is 13.1. The van der Waals surface area contributed by atoms with E-state index in [1.54, 1.807) is 0 Å². The fraction of sp³-hybridized carbons (Fsp3) is 1.00. The fourth-order valence-corrected chi connectivity index (χ4v) is 9.18. The first-order valence-electron chi connectivity index (χ1n) is 13.1. The van der Waals surface area contributed by atoms with Crippen LogP contribution in [-0.4, -0.2) is 33.6 Å². The number of hydrogen-bond acceptors (Lipinski definition) is 3. The third-order valence-corrected chi connectivity index (χ3v) is 11.0. The molecule has 0 aromatic heterocycles. The molecule has 0 amide bonds. The zero-order valence-electron chi connectivity index (χ0n) is 20.2. The Hall–Kier alpha value is -0.120. The average Bonchev–Trinajstić information content (AvgIpc) is 3.02. The van der Waals surface area contributed by atoms with Crippen LogP contribution in [0.15, 0.2) is 0 Å². The van der Waals surface area contributed by atoms with E-state index in [1.807, 2.05) is 0 Å². The summed E-state index contributed by atoms with van der Waals surface area (Å²) >= 11 is 0. The highest BCUT2D eigenvalue weighted by Gasteiger charge is 2.65. The summed E-state index contributed by atoms with van der Waals surface area (Å²) in [5.74, 6) is 3.59. The minimum absolute atomic E-state index is 0.0449. The largest absolute Gasteiger partial charge is 0.393 e. The van der Waals surface area contributed by atoms with Gasteiger partial charge in [0.2, 0.25) is 0 Å². The Balaban J connectivity index is 1.56. The van der Waals surface area contributed by atoms with Crippen molar-refractivity contribution in [3.8, 4) is 0 Å². The van der Waals surface area contributed by atoms with Gasteiger partial charge in [0, 0.05) is 0 Å². The molecule has 3 N–H and O–H groups in total. The van der Waals surface area contributed by atoms with Gasteiger partial charge in [-0.2, -0.15) is 0 Å². The van der Waals surface area contributed by atoms with Gasteiger partial charge in [-0.3, -0.25) is 0 Å². The van der Waals surface area contributed by atoms with Crippen LogP contribution < -0.4 is 0 Å². The lowest BCUT2D eigenvalue weighted by Gasteiger charge is -2.63. The Labute approximate surface area is 185 Å². The lowest BCUT2D eigenvalue weighted by Crippen LogP contribution is -2.62. The quantitative estimate of drug-likeness (QED) is 0.557. The van der Waals surface area contributed by atoms with Crippen molar-refractivity contribution in [1.82, 2.24) is 0 Å². The zero-order valence-corrected chi connectivity index (χ0v) is 20.2. The molecule has 1 unspecified atom stereocenters. The van der Waals surface area contributed by atoms with Gasteiger partial charge >= 0.3 is 0 Å². The summed E-state index contributed by atoms with van der Waals surface area (Å²) in [6, 6.07) is 0. The number of aliphatic hydroxyl groups excluding tert-OH is 3. The molecule has 0 aliphatic heterocycles. The highest BCUT2D eigenvalue weighted by atomic mass is 16.3. The summed E-state index contributed by atoms with van der Waals surface area (Å²) < 4.78 is 0. The highest BCUT2D eigenvalue weighted by Crippen LogP contribution is 2.68. The van der Waals surface area contributed by atoms with Crippen LogP contribution in [0.3, 0.4) is 0 Å². The molecular formula is C27H48O3. The Morgan fingerprint density at radius 3 is 2.30 bits per heavy atom. The molecule has 4 aliphatic carbocycles. The van der Waals surface area contributed by atoms with Crippen LogP contribution in [0.1, 0.15) is 98.8 Å². The van der Waals surface area contributed by atoms with Crippen LogP contribution in [-0.2, 0) is 0 Å². The maximum Gasteiger partial charge on any atom is 0.0602 e. The summed E-state index contributed by atoms with van der Waals surface area (Å²) in [5, 5.41) is 33.2. The molecule has 0 radical (unpaired) electrons. The molecule has 3 nitrogen and oxygen atoms in total. The van der Waals surface area contributed by atoms with Gasteiger partial charge in [-0.1, -0.05) is 53.9 Å². The second kappa shape index (κ2) is 8.34. The smallest absolute Gasteiger partial charge is 0.0602 e. The predicted molar refractivity (Wildman–Crippen MR) is 122 cm³/mol. The number of aliphatic hydroxyl groups is 3. The van der Waals surface area contributed by atoms with E-state index >= 15 is 0 Å². The summed E-state index contributed by atoms with van der Waals surface area (Å²) in [4.78, 5) is 0. The van der Waals surface area contributed by atoms with E-state index < -0.39 is 0 Å². The van der Waals surface area contributed by atoms with Gasteiger partial charge in [0.1, 0.15) is 0 Å². The Morgan fingerprint density at radius 2 is 1.60 bits per heavy atom. The molecule has 3 heteroatoms. The van der Waals surface area contributed by atoms with Crippen molar-refractivity contribution in [3.05, 3.63) is 0 Å². The molecule has 0 heterocycles. The summed E-state index contributed by atoms with van der Waals surface area (Å²) in [5.41, 5.74) is 0.128. The second-order valence-corrected chi connectivity index (χ2v) is 12.8. The SMILES string of the molecule is CC(C)CCC[C@@H](C)[C@H]1CC[C@H]2[C@@H]3[C@H](O)CC4C[C@H](O)CC[C@]4(C)[C@H]3C[C@H](O)[C@]12C. The number of fused-ring (bicyclic) bond motifs is 5. The molecule has 4 fully saturated rings. The van der Waals surface area contributed by atoms with Crippen molar-refractivity contribution in [3.63, 3.8) is 0 Å². The standard InChI is InChI=1S/C27H48O3/c1-16(2)7-6-8-17(3)20-9-10-21-25-22(15-24(30)27(20,21)5)26(4)12-11-19(28)13-18(26)14-23(25)29/h16-25,28-30H,6-15H2,1-5H3/t17-,18?,19-,20-,21+,22+,23-,24+,25+,26+,27-/m1/s1. The molecule has 0 spiro atoms. The molecule has 30 heavy (non-hydrogen) atoms. The highest BCUT2D eigenvalue weighted by molar-refractivity contribution is 5.14. The van der Waals surface area contributed by atoms with Crippen LogP contribution in [0.4, 0.5) is 0 Å². The van der Waals surface area contributed by atoms with Gasteiger partial charge in [0.15, 0.2) is 0 Å². The summed E-state index contributed by atoms with van der Waals surface area (Å²) in [6.07, 6.45) is 10.0.